The number of amides is 1. The maximum absolute atomic E-state index is 11.9. The van der Waals surface area contributed by atoms with Crippen LogP contribution in [0.15, 0.2) is 0 Å². The Hall–Kier alpha value is -0.650. The Balaban J connectivity index is 1.63. The molecule has 0 aromatic heterocycles. The number of hydrogen-bond acceptors (Lipinski definition) is 4. The zero-order chi connectivity index (χ0) is 13.6. The van der Waals surface area contributed by atoms with Crippen molar-refractivity contribution in [2.45, 2.75) is 37.7 Å². The first-order valence-corrected chi connectivity index (χ1v) is 7.34. The van der Waals surface area contributed by atoms with E-state index in [-0.39, 0.29) is 11.5 Å². The van der Waals surface area contributed by atoms with Crippen molar-refractivity contribution < 1.29 is 14.3 Å². The van der Waals surface area contributed by atoms with E-state index in [1.165, 1.54) is 12.8 Å². The van der Waals surface area contributed by atoms with Crippen molar-refractivity contribution in [2.75, 3.05) is 40.0 Å². The van der Waals surface area contributed by atoms with E-state index in [2.05, 4.69) is 10.6 Å². The molecule has 2 aliphatic rings. The SMILES string of the molecule is COC1(CNC(=O)CCC2CCCNC2)CCOC1. The normalized spacial score (nSPS) is 31.3. The van der Waals surface area contributed by atoms with Gasteiger partial charge in [-0.25, -0.2) is 0 Å². The molecule has 0 bridgehead atoms. The fraction of sp³-hybridized carbons (Fsp3) is 0.929. The second-order valence-corrected chi connectivity index (χ2v) is 5.72. The van der Waals surface area contributed by atoms with Crippen LogP contribution >= 0.6 is 0 Å². The molecule has 5 nitrogen and oxygen atoms in total. The quantitative estimate of drug-likeness (QED) is 0.745. The first kappa shape index (κ1) is 14.8. The van der Waals surface area contributed by atoms with Crippen LogP contribution in [0.5, 0.6) is 0 Å². The van der Waals surface area contributed by atoms with Gasteiger partial charge in [-0.3, -0.25) is 4.79 Å². The van der Waals surface area contributed by atoms with Gasteiger partial charge in [0.15, 0.2) is 0 Å². The molecule has 2 aliphatic heterocycles. The van der Waals surface area contributed by atoms with E-state index < -0.39 is 0 Å². The van der Waals surface area contributed by atoms with Gasteiger partial charge in [0.2, 0.25) is 5.91 Å². The second-order valence-electron chi connectivity index (χ2n) is 5.72. The largest absolute Gasteiger partial charge is 0.378 e. The number of carbonyl (C=O) groups excluding carboxylic acids is 1. The Morgan fingerprint density at radius 2 is 2.47 bits per heavy atom. The van der Waals surface area contributed by atoms with Gasteiger partial charge in [-0.2, -0.15) is 0 Å². The van der Waals surface area contributed by atoms with Crippen LogP contribution in [0, 0.1) is 5.92 Å². The third-order valence-electron chi connectivity index (χ3n) is 4.29. The number of methoxy groups -OCH3 is 1. The minimum Gasteiger partial charge on any atom is -0.378 e. The van der Waals surface area contributed by atoms with Gasteiger partial charge >= 0.3 is 0 Å². The number of nitrogens with one attached hydrogen (secondary N) is 2. The van der Waals surface area contributed by atoms with E-state index >= 15 is 0 Å². The topological polar surface area (TPSA) is 59.6 Å². The number of rotatable bonds is 6. The monoisotopic (exact) mass is 270 g/mol. The molecule has 0 saturated carbocycles. The van der Waals surface area contributed by atoms with Crippen LogP contribution in [-0.2, 0) is 14.3 Å². The van der Waals surface area contributed by atoms with Crippen LogP contribution in [0.3, 0.4) is 0 Å². The third kappa shape index (κ3) is 4.44. The molecule has 1 amide bonds. The molecule has 2 heterocycles. The molecule has 2 unspecified atom stereocenters. The molecule has 0 aromatic rings. The van der Waals surface area contributed by atoms with Crippen molar-refractivity contribution in [1.29, 1.82) is 0 Å². The van der Waals surface area contributed by atoms with Crippen molar-refractivity contribution in [3.63, 3.8) is 0 Å². The van der Waals surface area contributed by atoms with E-state index in [0.717, 1.165) is 32.5 Å². The van der Waals surface area contributed by atoms with Gasteiger partial charge in [0.05, 0.1) is 6.61 Å². The Morgan fingerprint density at radius 1 is 1.58 bits per heavy atom. The molecule has 2 fully saturated rings. The maximum atomic E-state index is 11.9. The van der Waals surface area contributed by atoms with Crippen LogP contribution in [0.2, 0.25) is 0 Å². The van der Waals surface area contributed by atoms with Crippen LogP contribution in [-0.4, -0.2) is 51.5 Å². The van der Waals surface area contributed by atoms with Crippen LogP contribution in [0.4, 0.5) is 0 Å². The molecule has 0 radical (unpaired) electrons. The lowest BCUT2D eigenvalue weighted by atomic mass is 9.94. The molecule has 0 spiro atoms. The highest BCUT2D eigenvalue weighted by atomic mass is 16.5. The highest BCUT2D eigenvalue weighted by molar-refractivity contribution is 5.75. The molecule has 2 saturated heterocycles. The molecule has 5 heteroatoms. The van der Waals surface area contributed by atoms with E-state index in [0.29, 0.717) is 25.5 Å². The first-order chi connectivity index (χ1) is 9.24. The predicted octanol–water partition coefficient (Wildman–Crippen LogP) is 0.688. The van der Waals surface area contributed by atoms with Gasteiger partial charge in [0, 0.05) is 33.1 Å². The van der Waals surface area contributed by atoms with E-state index in [4.69, 9.17) is 9.47 Å². The van der Waals surface area contributed by atoms with Crippen LogP contribution < -0.4 is 10.6 Å². The van der Waals surface area contributed by atoms with Gasteiger partial charge in [-0.15, -0.1) is 0 Å². The molecule has 0 aliphatic carbocycles. The molecular formula is C14H26N2O3. The van der Waals surface area contributed by atoms with Crippen LogP contribution in [0.25, 0.3) is 0 Å². The zero-order valence-corrected chi connectivity index (χ0v) is 11.9. The zero-order valence-electron chi connectivity index (χ0n) is 11.9. The molecule has 19 heavy (non-hydrogen) atoms. The summed E-state index contributed by atoms with van der Waals surface area (Å²) in [4.78, 5) is 11.9. The first-order valence-electron chi connectivity index (χ1n) is 7.34. The van der Waals surface area contributed by atoms with E-state index in [9.17, 15) is 4.79 Å². The number of ether oxygens (including phenoxy) is 2. The molecule has 2 atom stereocenters. The molecule has 0 aromatic carbocycles. The molecule has 2 N–H and O–H groups in total. The van der Waals surface area contributed by atoms with E-state index in [1.54, 1.807) is 7.11 Å². The van der Waals surface area contributed by atoms with Crippen LogP contribution in [0.1, 0.15) is 32.1 Å². The summed E-state index contributed by atoms with van der Waals surface area (Å²) >= 11 is 0. The predicted molar refractivity (Wildman–Crippen MR) is 73.0 cm³/mol. The minimum absolute atomic E-state index is 0.133. The Bertz CT molecular complexity index is 284. The lowest BCUT2D eigenvalue weighted by Gasteiger charge is -2.26. The molecular weight excluding hydrogens is 244 g/mol. The van der Waals surface area contributed by atoms with Crippen molar-refractivity contribution in [2.24, 2.45) is 5.92 Å². The highest BCUT2D eigenvalue weighted by Crippen LogP contribution is 2.21. The number of piperidine rings is 1. The highest BCUT2D eigenvalue weighted by Gasteiger charge is 2.35. The van der Waals surface area contributed by atoms with Gasteiger partial charge in [0.25, 0.3) is 0 Å². The summed E-state index contributed by atoms with van der Waals surface area (Å²) in [6.07, 6.45) is 4.94. The Kier molecular flexibility index (Phi) is 5.60. The lowest BCUT2D eigenvalue weighted by molar-refractivity contribution is -0.123. The Labute approximate surface area is 115 Å². The summed E-state index contributed by atoms with van der Waals surface area (Å²) in [7, 11) is 1.69. The average molecular weight is 270 g/mol. The van der Waals surface area contributed by atoms with Crippen molar-refractivity contribution in [3.8, 4) is 0 Å². The second kappa shape index (κ2) is 7.22. The van der Waals surface area contributed by atoms with Gasteiger partial charge in [0.1, 0.15) is 5.60 Å². The average Bonchev–Trinajstić information content (AvgIpc) is 2.93. The summed E-state index contributed by atoms with van der Waals surface area (Å²) < 4.78 is 10.8. The standard InChI is InChI=1S/C14H26N2O3/c1-18-14(6-8-19-11-14)10-16-13(17)5-4-12-3-2-7-15-9-12/h12,15H,2-11H2,1H3,(H,16,17). The fourth-order valence-electron chi connectivity index (χ4n) is 2.81. The molecule has 110 valence electrons. The minimum atomic E-state index is -0.304. The maximum Gasteiger partial charge on any atom is 0.220 e. The van der Waals surface area contributed by atoms with Gasteiger partial charge in [-0.05, 0) is 38.3 Å². The smallest absolute Gasteiger partial charge is 0.220 e. The number of carbonyl (C=O) groups is 1. The molecule has 2 rings (SSSR count). The Morgan fingerprint density at radius 3 is 3.11 bits per heavy atom. The van der Waals surface area contributed by atoms with Crippen molar-refractivity contribution in [3.05, 3.63) is 0 Å². The summed E-state index contributed by atoms with van der Waals surface area (Å²) in [6.45, 7) is 4.04. The van der Waals surface area contributed by atoms with Crippen molar-refractivity contribution >= 4 is 5.91 Å². The van der Waals surface area contributed by atoms with Gasteiger partial charge < -0.3 is 20.1 Å². The summed E-state index contributed by atoms with van der Waals surface area (Å²) in [5, 5.41) is 6.37. The van der Waals surface area contributed by atoms with Gasteiger partial charge in [-0.1, -0.05) is 0 Å². The number of hydrogen-bond donors (Lipinski definition) is 2. The summed E-state index contributed by atoms with van der Waals surface area (Å²) in [5.74, 6) is 0.791. The third-order valence-corrected chi connectivity index (χ3v) is 4.29. The van der Waals surface area contributed by atoms with E-state index in [1.807, 2.05) is 0 Å². The lowest BCUT2D eigenvalue weighted by Crippen LogP contribution is -2.45. The summed E-state index contributed by atoms with van der Waals surface area (Å²) in [5.41, 5.74) is -0.304. The fourth-order valence-corrected chi connectivity index (χ4v) is 2.81. The van der Waals surface area contributed by atoms with Crippen molar-refractivity contribution in [1.82, 2.24) is 10.6 Å². The summed E-state index contributed by atoms with van der Waals surface area (Å²) in [6, 6.07) is 0.